The van der Waals surface area contributed by atoms with Crippen LogP contribution in [-0.4, -0.2) is 66.2 Å². The average Bonchev–Trinajstić information content (AvgIpc) is 3.12. The van der Waals surface area contributed by atoms with Crippen LogP contribution in [0.2, 0.25) is 0 Å². The number of carbonyl (C=O) groups excluding carboxylic acids is 3. The van der Waals surface area contributed by atoms with Gasteiger partial charge in [-0.2, -0.15) is 0 Å². The number of likely N-dealkylation sites (tertiary alicyclic amines) is 1. The van der Waals surface area contributed by atoms with Gasteiger partial charge in [-0.15, -0.1) is 0 Å². The molecule has 9 nitrogen and oxygen atoms in total. The van der Waals surface area contributed by atoms with E-state index in [2.05, 4.69) is 22.8 Å². The lowest BCUT2D eigenvalue weighted by Gasteiger charge is -2.36. The largest absolute Gasteiger partial charge is 0.481 e. The number of benzene rings is 2. The van der Waals surface area contributed by atoms with Crippen LogP contribution in [0.3, 0.4) is 0 Å². The summed E-state index contributed by atoms with van der Waals surface area (Å²) < 4.78 is 5.53. The van der Waals surface area contributed by atoms with Crippen molar-refractivity contribution in [3.63, 3.8) is 0 Å². The second-order valence-corrected chi connectivity index (χ2v) is 9.24. The molecule has 0 radical (unpaired) electrons. The number of ether oxygens (including phenoxy) is 1. The topological polar surface area (TPSA) is 125 Å². The summed E-state index contributed by atoms with van der Waals surface area (Å²) in [6.45, 7) is 3.70. The van der Waals surface area contributed by atoms with Gasteiger partial charge >= 0.3 is 12.1 Å². The molecule has 0 bridgehead atoms. The van der Waals surface area contributed by atoms with Gasteiger partial charge in [0.2, 0.25) is 11.8 Å². The molecule has 0 unspecified atom stereocenters. The van der Waals surface area contributed by atoms with E-state index in [1.54, 1.807) is 13.8 Å². The molecule has 1 heterocycles. The molecule has 0 aromatic heterocycles. The maximum Gasteiger partial charge on any atom is 0.407 e. The van der Waals surface area contributed by atoms with Crippen LogP contribution in [0.5, 0.6) is 0 Å². The van der Waals surface area contributed by atoms with Gasteiger partial charge in [-0.3, -0.25) is 14.4 Å². The molecule has 35 heavy (non-hydrogen) atoms. The minimum atomic E-state index is -0.940. The molecule has 3 amide bonds. The van der Waals surface area contributed by atoms with E-state index >= 15 is 0 Å². The van der Waals surface area contributed by atoms with Crippen molar-refractivity contribution in [2.24, 2.45) is 11.8 Å². The zero-order valence-electron chi connectivity index (χ0n) is 19.7. The van der Waals surface area contributed by atoms with Crippen LogP contribution < -0.4 is 10.6 Å². The number of carboxylic acids is 1. The van der Waals surface area contributed by atoms with Gasteiger partial charge in [0, 0.05) is 19.0 Å². The summed E-state index contributed by atoms with van der Waals surface area (Å²) in [5.41, 5.74) is 4.43. The van der Waals surface area contributed by atoms with Gasteiger partial charge in [-0.1, -0.05) is 62.4 Å². The van der Waals surface area contributed by atoms with Crippen molar-refractivity contribution in [1.29, 1.82) is 0 Å². The Balaban J connectivity index is 1.30. The number of hydrogen-bond acceptors (Lipinski definition) is 5. The second kappa shape index (κ2) is 10.2. The molecule has 4 rings (SSSR count). The zero-order valence-corrected chi connectivity index (χ0v) is 19.7. The number of amides is 3. The molecule has 3 N–H and O–H groups in total. The van der Waals surface area contributed by atoms with E-state index in [9.17, 15) is 19.2 Å². The van der Waals surface area contributed by atoms with Gasteiger partial charge in [0.05, 0.1) is 12.5 Å². The van der Waals surface area contributed by atoms with Gasteiger partial charge in [-0.25, -0.2) is 4.79 Å². The Morgan fingerprint density at radius 1 is 1.00 bits per heavy atom. The minimum absolute atomic E-state index is 0.0942. The standard InChI is InChI=1S/C26H29N3O6/c1-15(2)23(24(31)27-11-22(30)29-12-16(13-29)25(32)33)28-26(34)35-14-21-19-9-5-3-7-17(19)18-8-4-6-10-20(18)21/h3-10,15-16,21,23H,11-14H2,1-2H3,(H,27,31)(H,28,34)(H,32,33)/t23-/m0/s1. The average molecular weight is 480 g/mol. The molecule has 9 heteroatoms. The van der Waals surface area contributed by atoms with E-state index in [0.29, 0.717) is 0 Å². The number of nitrogens with one attached hydrogen (secondary N) is 2. The Bertz CT molecular complexity index is 1100. The van der Waals surface area contributed by atoms with Gasteiger partial charge in [0.25, 0.3) is 0 Å². The molecular formula is C26H29N3O6. The molecule has 2 aliphatic rings. The maximum atomic E-state index is 12.7. The van der Waals surface area contributed by atoms with E-state index in [4.69, 9.17) is 9.84 Å². The minimum Gasteiger partial charge on any atom is -0.481 e. The number of rotatable bonds is 8. The molecule has 0 saturated carbocycles. The molecule has 1 aliphatic heterocycles. The monoisotopic (exact) mass is 479 g/mol. The van der Waals surface area contributed by atoms with Gasteiger partial charge < -0.3 is 25.4 Å². The van der Waals surface area contributed by atoms with E-state index in [0.717, 1.165) is 22.3 Å². The van der Waals surface area contributed by atoms with Crippen LogP contribution in [0, 0.1) is 11.8 Å². The van der Waals surface area contributed by atoms with E-state index in [1.807, 2.05) is 36.4 Å². The van der Waals surface area contributed by atoms with Gasteiger partial charge in [0.1, 0.15) is 12.6 Å². The third-order valence-electron chi connectivity index (χ3n) is 6.56. The number of fused-ring (bicyclic) bond motifs is 3. The summed E-state index contributed by atoms with van der Waals surface area (Å²) in [5, 5.41) is 14.1. The first-order valence-electron chi connectivity index (χ1n) is 11.7. The molecule has 184 valence electrons. The summed E-state index contributed by atoms with van der Waals surface area (Å²) in [4.78, 5) is 49.7. The second-order valence-electron chi connectivity index (χ2n) is 9.24. The first-order chi connectivity index (χ1) is 16.8. The lowest BCUT2D eigenvalue weighted by Crippen LogP contribution is -2.57. The molecule has 1 atom stereocenters. The summed E-state index contributed by atoms with van der Waals surface area (Å²) in [6, 6.07) is 15.2. The molecule has 2 aromatic rings. The highest BCUT2D eigenvalue weighted by molar-refractivity contribution is 5.90. The van der Waals surface area contributed by atoms with Crippen molar-refractivity contribution < 1.29 is 29.0 Å². The maximum absolute atomic E-state index is 12.7. The van der Waals surface area contributed by atoms with Crippen molar-refractivity contribution >= 4 is 23.9 Å². The number of carbonyl (C=O) groups is 4. The molecule has 1 fully saturated rings. The highest BCUT2D eigenvalue weighted by Crippen LogP contribution is 2.44. The highest BCUT2D eigenvalue weighted by atomic mass is 16.5. The van der Waals surface area contributed by atoms with Crippen LogP contribution in [0.4, 0.5) is 4.79 Å². The zero-order chi connectivity index (χ0) is 25.1. The molecular weight excluding hydrogens is 450 g/mol. The predicted molar refractivity (Wildman–Crippen MR) is 128 cm³/mol. The van der Waals surface area contributed by atoms with Crippen molar-refractivity contribution in [3.8, 4) is 11.1 Å². The Morgan fingerprint density at radius 3 is 2.11 bits per heavy atom. The predicted octanol–water partition coefficient (Wildman–Crippen LogP) is 2.21. The fourth-order valence-corrected chi connectivity index (χ4v) is 4.52. The summed E-state index contributed by atoms with van der Waals surface area (Å²) >= 11 is 0. The van der Waals surface area contributed by atoms with Crippen molar-refractivity contribution in [3.05, 3.63) is 59.7 Å². The number of nitrogens with zero attached hydrogens (tertiary/aromatic N) is 1. The third-order valence-corrected chi connectivity index (χ3v) is 6.56. The first kappa shape index (κ1) is 24.3. The fourth-order valence-electron chi connectivity index (χ4n) is 4.52. The molecule has 0 spiro atoms. The van der Waals surface area contributed by atoms with E-state index < -0.39 is 29.9 Å². The van der Waals surface area contributed by atoms with Crippen LogP contribution >= 0.6 is 0 Å². The SMILES string of the molecule is CC(C)[C@H](NC(=O)OCC1c2ccccc2-c2ccccc21)C(=O)NCC(=O)N1CC(C(=O)O)C1. The van der Waals surface area contributed by atoms with Crippen LogP contribution in [0.1, 0.15) is 30.9 Å². The summed E-state index contributed by atoms with van der Waals surface area (Å²) in [5.74, 6) is -2.70. The van der Waals surface area contributed by atoms with Crippen LogP contribution in [0.15, 0.2) is 48.5 Å². The molecule has 2 aromatic carbocycles. The highest BCUT2D eigenvalue weighted by Gasteiger charge is 2.36. The smallest absolute Gasteiger partial charge is 0.407 e. The molecule has 1 saturated heterocycles. The first-order valence-corrected chi connectivity index (χ1v) is 11.7. The van der Waals surface area contributed by atoms with Crippen LogP contribution in [-0.2, 0) is 19.1 Å². The van der Waals surface area contributed by atoms with Crippen LogP contribution in [0.25, 0.3) is 11.1 Å². The van der Waals surface area contributed by atoms with E-state index in [1.165, 1.54) is 4.90 Å². The lowest BCUT2D eigenvalue weighted by molar-refractivity contribution is -0.152. The number of carboxylic acid groups (broad SMARTS) is 1. The Morgan fingerprint density at radius 2 is 1.57 bits per heavy atom. The van der Waals surface area contributed by atoms with Crippen molar-refractivity contribution in [2.45, 2.75) is 25.8 Å². The quantitative estimate of drug-likeness (QED) is 0.533. The number of alkyl carbamates (subject to hydrolysis) is 1. The molecule has 1 aliphatic carbocycles. The van der Waals surface area contributed by atoms with Gasteiger partial charge in [-0.05, 0) is 28.2 Å². The Labute approximate surface area is 203 Å². The normalized spacial score (nSPS) is 15.6. The summed E-state index contributed by atoms with van der Waals surface area (Å²) in [7, 11) is 0. The fraction of sp³-hybridized carbons (Fsp3) is 0.385. The van der Waals surface area contributed by atoms with E-state index in [-0.39, 0.29) is 44.0 Å². The number of hydrogen-bond donors (Lipinski definition) is 3. The van der Waals surface area contributed by atoms with Gasteiger partial charge in [0.15, 0.2) is 0 Å². The van der Waals surface area contributed by atoms with Crippen molar-refractivity contribution in [1.82, 2.24) is 15.5 Å². The summed E-state index contributed by atoms with van der Waals surface area (Å²) in [6.07, 6.45) is -0.709. The third kappa shape index (κ3) is 5.13. The Hall–Kier alpha value is -3.88. The lowest BCUT2D eigenvalue weighted by atomic mass is 9.98. The Kier molecular flexibility index (Phi) is 7.04. The van der Waals surface area contributed by atoms with Crippen molar-refractivity contribution in [2.75, 3.05) is 26.2 Å². The number of aliphatic carboxylic acids is 1.